The van der Waals surface area contributed by atoms with Crippen LogP contribution in [-0.2, 0) is 14.3 Å². The number of hydrogen-bond acceptors (Lipinski definition) is 4. The molecule has 0 heterocycles. The van der Waals surface area contributed by atoms with Crippen LogP contribution in [0, 0.1) is 23.2 Å². The third-order valence-electron chi connectivity index (χ3n) is 5.48. The largest absolute Gasteiger partial charge is 0.469 e. The van der Waals surface area contributed by atoms with Gasteiger partial charge in [-0.05, 0) is 61.7 Å². The van der Waals surface area contributed by atoms with Crippen molar-refractivity contribution in [1.29, 1.82) is 0 Å². The second kappa shape index (κ2) is 5.70. The SMILES string of the molecule is COC(=O)CCSC(=O)CC12CC3CC(CC(C3)C1)C2. The summed E-state index contributed by atoms with van der Waals surface area (Å²) in [4.78, 5) is 23.3. The van der Waals surface area contributed by atoms with Crippen molar-refractivity contribution >= 4 is 22.8 Å². The molecule has 0 aliphatic heterocycles. The van der Waals surface area contributed by atoms with Gasteiger partial charge in [-0.2, -0.15) is 0 Å². The molecule has 0 aromatic heterocycles. The second-order valence-corrected chi connectivity index (χ2v) is 8.29. The predicted octanol–water partition coefficient (Wildman–Crippen LogP) is 3.42. The molecule has 4 aliphatic rings. The van der Waals surface area contributed by atoms with E-state index >= 15 is 0 Å². The molecule has 112 valence electrons. The van der Waals surface area contributed by atoms with Crippen molar-refractivity contribution in [1.82, 2.24) is 0 Å². The molecule has 4 fully saturated rings. The molecule has 0 N–H and O–H groups in total. The molecule has 0 spiro atoms. The van der Waals surface area contributed by atoms with Gasteiger partial charge in [0, 0.05) is 12.2 Å². The summed E-state index contributed by atoms with van der Waals surface area (Å²) in [7, 11) is 1.39. The molecule has 0 aromatic rings. The Morgan fingerprint density at radius 1 is 1.10 bits per heavy atom. The summed E-state index contributed by atoms with van der Waals surface area (Å²) in [6.45, 7) is 0. The van der Waals surface area contributed by atoms with Gasteiger partial charge in [0.05, 0.1) is 13.5 Å². The minimum atomic E-state index is -0.222. The van der Waals surface area contributed by atoms with Crippen LogP contribution < -0.4 is 0 Å². The van der Waals surface area contributed by atoms with Gasteiger partial charge < -0.3 is 4.74 Å². The van der Waals surface area contributed by atoms with Gasteiger partial charge in [-0.25, -0.2) is 0 Å². The molecule has 3 nitrogen and oxygen atoms in total. The molecule has 0 saturated heterocycles. The highest BCUT2D eigenvalue weighted by molar-refractivity contribution is 8.13. The van der Waals surface area contributed by atoms with Crippen LogP contribution in [0.1, 0.15) is 51.4 Å². The lowest BCUT2D eigenvalue weighted by molar-refractivity contribution is -0.140. The average Bonchev–Trinajstić information content (AvgIpc) is 2.36. The maximum absolute atomic E-state index is 12.2. The van der Waals surface area contributed by atoms with Gasteiger partial charge in [-0.1, -0.05) is 11.8 Å². The Labute approximate surface area is 125 Å². The van der Waals surface area contributed by atoms with Crippen LogP contribution in [0.25, 0.3) is 0 Å². The van der Waals surface area contributed by atoms with E-state index in [0.717, 1.165) is 24.2 Å². The van der Waals surface area contributed by atoms with Gasteiger partial charge in [-0.15, -0.1) is 0 Å². The maximum Gasteiger partial charge on any atom is 0.306 e. The highest BCUT2D eigenvalue weighted by atomic mass is 32.2. The van der Waals surface area contributed by atoms with E-state index in [2.05, 4.69) is 4.74 Å². The van der Waals surface area contributed by atoms with E-state index in [9.17, 15) is 9.59 Å². The summed E-state index contributed by atoms with van der Waals surface area (Å²) in [5, 5.41) is 0.288. The standard InChI is InChI=1S/C16H24O3S/c1-19-14(17)2-3-20-15(18)10-16-7-11-4-12(8-16)6-13(5-11)9-16/h11-13H,2-10H2,1H3. The van der Waals surface area contributed by atoms with Crippen molar-refractivity contribution in [2.45, 2.75) is 51.4 Å². The van der Waals surface area contributed by atoms with Gasteiger partial charge in [0.1, 0.15) is 0 Å². The first kappa shape index (κ1) is 14.4. The molecule has 4 heteroatoms. The molecule has 4 bridgehead atoms. The molecule has 4 saturated carbocycles. The van der Waals surface area contributed by atoms with Crippen LogP contribution in [0.2, 0.25) is 0 Å². The Kier molecular flexibility index (Phi) is 4.11. The number of hydrogen-bond donors (Lipinski definition) is 0. The normalized spacial score (nSPS) is 38.0. The number of carbonyl (C=O) groups is 2. The molecular formula is C16H24O3S. The third-order valence-corrected chi connectivity index (χ3v) is 6.36. The molecular weight excluding hydrogens is 272 g/mol. The van der Waals surface area contributed by atoms with Gasteiger partial charge in [0.25, 0.3) is 0 Å². The van der Waals surface area contributed by atoms with Crippen LogP contribution in [-0.4, -0.2) is 23.9 Å². The van der Waals surface area contributed by atoms with Crippen molar-refractivity contribution in [3.8, 4) is 0 Å². The summed E-state index contributed by atoms with van der Waals surface area (Å²) < 4.78 is 4.60. The van der Waals surface area contributed by atoms with Crippen molar-refractivity contribution in [3.05, 3.63) is 0 Å². The summed E-state index contributed by atoms with van der Waals surface area (Å²) in [6, 6.07) is 0. The molecule has 0 amide bonds. The lowest BCUT2D eigenvalue weighted by Gasteiger charge is -2.56. The van der Waals surface area contributed by atoms with Crippen molar-refractivity contribution < 1.29 is 14.3 Å². The average molecular weight is 296 g/mol. The summed E-state index contributed by atoms with van der Waals surface area (Å²) in [5.41, 5.74) is 0.324. The molecule has 0 atom stereocenters. The van der Waals surface area contributed by atoms with E-state index in [1.807, 2.05) is 0 Å². The molecule has 0 radical (unpaired) electrons. The van der Waals surface area contributed by atoms with Crippen LogP contribution in [0.3, 0.4) is 0 Å². The number of ether oxygens (including phenoxy) is 1. The number of methoxy groups -OCH3 is 1. The smallest absolute Gasteiger partial charge is 0.306 e. The van der Waals surface area contributed by atoms with Gasteiger partial charge in [0.15, 0.2) is 5.12 Å². The Morgan fingerprint density at radius 2 is 1.65 bits per heavy atom. The summed E-state index contributed by atoms with van der Waals surface area (Å²) in [6.07, 6.45) is 9.18. The topological polar surface area (TPSA) is 43.4 Å². The van der Waals surface area contributed by atoms with E-state index in [4.69, 9.17) is 0 Å². The van der Waals surface area contributed by atoms with Crippen LogP contribution in [0.15, 0.2) is 0 Å². The minimum absolute atomic E-state index is 0.222. The molecule has 4 aliphatic carbocycles. The van der Waals surface area contributed by atoms with Crippen LogP contribution >= 0.6 is 11.8 Å². The first-order valence-corrected chi connectivity index (χ1v) is 8.79. The van der Waals surface area contributed by atoms with E-state index in [1.165, 1.54) is 57.4 Å². The molecule has 0 unspecified atom stereocenters. The monoisotopic (exact) mass is 296 g/mol. The molecule has 4 rings (SSSR count). The van der Waals surface area contributed by atoms with E-state index < -0.39 is 0 Å². The van der Waals surface area contributed by atoms with Gasteiger partial charge in [-0.3, -0.25) is 9.59 Å². The van der Waals surface area contributed by atoms with Gasteiger partial charge >= 0.3 is 5.97 Å². The highest BCUT2D eigenvalue weighted by Crippen LogP contribution is 2.61. The zero-order valence-electron chi connectivity index (χ0n) is 12.2. The summed E-state index contributed by atoms with van der Waals surface area (Å²) >= 11 is 1.33. The molecule has 0 aromatic carbocycles. The number of rotatable bonds is 5. The highest BCUT2D eigenvalue weighted by Gasteiger charge is 2.51. The Bertz CT molecular complexity index is 369. The van der Waals surface area contributed by atoms with E-state index in [1.54, 1.807) is 0 Å². The zero-order valence-corrected chi connectivity index (χ0v) is 13.0. The summed E-state index contributed by atoms with van der Waals surface area (Å²) in [5.74, 6) is 3.04. The van der Waals surface area contributed by atoms with Crippen molar-refractivity contribution in [2.75, 3.05) is 12.9 Å². The number of esters is 1. The quantitative estimate of drug-likeness (QED) is 0.729. The third kappa shape index (κ3) is 3.05. The van der Waals surface area contributed by atoms with Crippen molar-refractivity contribution in [3.63, 3.8) is 0 Å². The van der Waals surface area contributed by atoms with Crippen LogP contribution in [0.5, 0.6) is 0 Å². The Hall–Kier alpha value is -0.510. The minimum Gasteiger partial charge on any atom is -0.469 e. The second-order valence-electron chi connectivity index (χ2n) is 7.14. The van der Waals surface area contributed by atoms with Gasteiger partial charge in [0.2, 0.25) is 0 Å². The van der Waals surface area contributed by atoms with E-state index in [0.29, 0.717) is 17.6 Å². The fourth-order valence-electron chi connectivity index (χ4n) is 5.21. The lowest BCUT2D eigenvalue weighted by Crippen LogP contribution is -2.46. The first-order valence-electron chi connectivity index (χ1n) is 7.81. The first-order chi connectivity index (χ1) is 9.58. The maximum atomic E-state index is 12.2. The van der Waals surface area contributed by atoms with E-state index in [-0.39, 0.29) is 11.1 Å². The number of thioether (sulfide) groups is 1. The van der Waals surface area contributed by atoms with Crippen LogP contribution in [0.4, 0.5) is 0 Å². The van der Waals surface area contributed by atoms with Crippen molar-refractivity contribution in [2.24, 2.45) is 23.2 Å². The Balaban J connectivity index is 1.50. The zero-order chi connectivity index (χ0) is 14.2. The fourth-order valence-corrected chi connectivity index (χ4v) is 6.12. The lowest BCUT2D eigenvalue weighted by atomic mass is 9.49. The Morgan fingerprint density at radius 3 is 2.15 bits per heavy atom. The fraction of sp³-hybridized carbons (Fsp3) is 0.875. The number of carbonyl (C=O) groups excluding carboxylic acids is 2. The predicted molar refractivity (Wildman–Crippen MR) is 79.3 cm³/mol. The molecule has 20 heavy (non-hydrogen) atoms.